The van der Waals surface area contributed by atoms with E-state index in [0.29, 0.717) is 18.8 Å². The van der Waals surface area contributed by atoms with E-state index in [2.05, 4.69) is 13.8 Å². The number of benzene rings is 1. The SMILES string of the molecule is CC(C)CCCCCCCCCCOC(=O)c1c(C(=O)O)c(C(=O)O)c(C(=O)O)c(C(=O)O)c1C(=O)O. The summed E-state index contributed by atoms with van der Waals surface area (Å²) in [6.45, 7) is 4.09. The molecule has 0 amide bonds. The zero-order chi connectivity index (χ0) is 28.3. The van der Waals surface area contributed by atoms with Crippen LogP contribution in [0.4, 0.5) is 0 Å². The van der Waals surface area contributed by atoms with Gasteiger partial charge in [0.05, 0.1) is 40.0 Å². The van der Waals surface area contributed by atoms with Crippen LogP contribution in [0.15, 0.2) is 0 Å². The largest absolute Gasteiger partial charge is 0.478 e. The van der Waals surface area contributed by atoms with Crippen LogP contribution in [0.1, 0.15) is 134 Å². The minimum absolute atomic E-state index is 0.267. The fraction of sp³-hybridized carbons (Fsp3) is 0.520. The van der Waals surface area contributed by atoms with Crippen molar-refractivity contribution in [3.05, 3.63) is 33.4 Å². The number of ether oxygens (including phenoxy) is 1. The van der Waals surface area contributed by atoms with Gasteiger partial charge in [0, 0.05) is 0 Å². The zero-order valence-electron chi connectivity index (χ0n) is 20.7. The Balaban J connectivity index is 3.09. The van der Waals surface area contributed by atoms with E-state index in [0.717, 1.165) is 32.1 Å². The van der Waals surface area contributed by atoms with Gasteiger partial charge in [-0.05, 0) is 12.3 Å². The van der Waals surface area contributed by atoms with Crippen molar-refractivity contribution in [3.8, 4) is 0 Å². The number of carbonyl (C=O) groups is 6. The Morgan fingerprint density at radius 3 is 1.14 bits per heavy atom. The van der Waals surface area contributed by atoms with Crippen LogP contribution in [0.2, 0.25) is 0 Å². The molecular weight excluding hydrogens is 492 g/mol. The Hall–Kier alpha value is -3.96. The maximum absolute atomic E-state index is 12.7. The monoisotopic (exact) mass is 524 g/mol. The Morgan fingerprint density at radius 2 is 0.811 bits per heavy atom. The molecule has 0 unspecified atom stereocenters. The van der Waals surface area contributed by atoms with E-state index in [1.54, 1.807) is 0 Å². The third-order valence-electron chi connectivity index (χ3n) is 5.68. The van der Waals surface area contributed by atoms with E-state index in [9.17, 15) is 54.3 Å². The standard InChI is InChI=1S/C25H32O12/c1-13(2)11-9-7-5-3-4-6-8-10-12-37-25(36)19-17(23(32)33)15(21(28)29)14(20(26)27)16(22(30)31)18(19)24(34)35/h13H,3-12H2,1-2H3,(H,26,27)(H,28,29)(H,30,31)(H,32,33)(H,34,35). The summed E-state index contributed by atoms with van der Waals surface area (Å²) in [5.74, 6) is -11.7. The normalized spacial score (nSPS) is 10.8. The van der Waals surface area contributed by atoms with Crippen LogP contribution in [0.25, 0.3) is 0 Å². The lowest BCUT2D eigenvalue weighted by Crippen LogP contribution is -2.28. The molecule has 5 N–H and O–H groups in total. The highest BCUT2D eigenvalue weighted by molar-refractivity contribution is 6.23. The number of unbranched alkanes of at least 4 members (excludes halogenated alkanes) is 7. The van der Waals surface area contributed by atoms with Crippen LogP contribution in [0, 0.1) is 5.92 Å². The molecule has 12 nitrogen and oxygen atoms in total. The molecule has 0 saturated heterocycles. The second kappa shape index (κ2) is 14.6. The third-order valence-corrected chi connectivity index (χ3v) is 5.68. The lowest BCUT2D eigenvalue weighted by atomic mass is 9.86. The maximum atomic E-state index is 12.7. The van der Waals surface area contributed by atoms with E-state index in [-0.39, 0.29) is 6.61 Å². The molecule has 0 bridgehead atoms. The second-order valence-electron chi connectivity index (χ2n) is 8.92. The number of carboxylic acids is 5. The summed E-state index contributed by atoms with van der Waals surface area (Å²) in [5, 5.41) is 47.4. The number of carbonyl (C=O) groups excluding carboxylic acids is 1. The first-order valence-corrected chi connectivity index (χ1v) is 11.9. The van der Waals surface area contributed by atoms with Gasteiger partial charge < -0.3 is 30.3 Å². The molecule has 12 heteroatoms. The fourth-order valence-corrected chi connectivity index (χ4v) is 3.98. The summed E-state index contributed by atoms with van der Waals surface area (Å²) >= 11 is 0. The van der Waals surface area contributed by atoms with E-state index in [4.69, 9.17) is 4.74 Å². The highest BCUT2D eigenvalue weighted by Gasteiger charge is 2.41. The van der Waals surface area contributed by atoms with E-state index >= 15 is 0 Å². The van der Waals surface area contributed by atoms with Gasteiger partial charge in [-0.2, -0.15) is 0 Å². The lowest BCUT2D eigenvalue weighted by molar-refractivity contribution is 0.0474. The van der Waals surface area contributed by atoms with Crippen LogP contribution in [0.5, 0.6) is 0 Å². The van der Waals surface area contributed by atoms with Crippen molar-refractivity contribution in [1.29, 1.82) is 0 Å². The van der Waals surface area contributed by atoms with Crippen LogP contribution < -0.4 is 0 Å². The summed E-state index contributed by atoms with van der Waals surface area (Å²) in [7, 11) is 0. The molecule has 0 spiro atoms. The maximum Gasteiger partial charge on any atom is 0.339 e. The smallest absolute Gasteiger partial charge is 0.339 e. The summed E-state index contributed by atoms with van der Waals surface area (Å²) in [6.07, 6.45) is 8.49. The molecule has 1 aromatic carbocycles. The molecule has 1 aromatic rings. The summed E-state index contributed by atoms with van der Waals surface area (Å²) in [5.41, 5.74) is -8.95. The van der Waals surface area contributed by atoms with Crippen molar-refractivity contribution in [2.24, 2.45) is 5.92 Å². The fourth-order valence-electron chi connectivity index (χ4n) is 3.98. The van der Waals surface area contributed by atoms with Crippen LogP contribution in [-0.2, 0) is 4.74 Å². The van der Waals surface area contributed by atoms with Crippen molar-refractivity contribution >= 4 is 35.8 Å². The average molecular weight is 525 g/mol. The first-order valence-electron chi connectivity index (χ1n) is 11.9. The second-order valence-corrected chi connectivity index (χ2v) is 8.92. The van der Waals surface area contributed by atoms with E-state index in [1.165, 1.54) is 12.8 Å². The molecule has 1 rings (SSSR count). The van der Waals surface area contributed by atoms with E-state index in [1.807, 2.05) is 0 Å². The van der Waals surface area contributed by atoms with Gasteiger partial charge in [0.2, 0.25) is 0 Å². The zero-order valence-corrected chi connectivity index (χ0v) is 20.7. The summed E-state index contributed by atoms with van der Waals surface area (Å²) in [6, 6.07) is 0. The van der Waals surface area contributed by atoms with Gasteiger partial charge in [-0.25, -0.2) is 28.8 Å². The molecule has 204 valence electrons. The number of rotatable bonds is 17. The first-order chi connectivity index (χ1) is 17.3. The quantitative estimate of drug-likeness (QED) is 0.141. The van der Waals surface area contributed by atoms with Crippen molar-refractivity contribution in [3.63, 3.8) is 0 Å². The predicted molar refractivity (Wildman–Crippen MR) is 128 cm³/mol. The van der Waals surface area contributed by atoms with Gasteiger partial charge in [-0.15, -0.1) is 0 Å². The molecule has 0 aliphatic heterocycles. The Labute approximate surface area is 212 Å². The van der Waals surface area contributed by atoms with Gasteiger partial charge in [-0.1, -0.05) is 65.2 Å². The molecule has 0 heterocycles. The van der Waals surface area contributed by atoms with Gasteiger partial charge >= 0.3 is 35.8 Å². The first kappa shape index (κ1) is 31.1. The van der Waals surface area contributed by atoms with Crippen molar-refractivity contribution in [2.45, 2.75) is 71.6 Å². The Bertz CT molecular complexity index is 1000. The van der Waals surface area contributed by atoms with Gasteiger partial charge in [-0.3, -0.25) is 0 Å². The molecule has 0 aromatic heterocycles. The lowest BCUT2D eigenvalue weighted by Gasteiger charge is -2.17. The van der Waals surface area contributed by atoms with Gasteiger partial charge in [0.1, 0.15) is 0 Å². The highest BCUT2D eigenvalue weighted by atomic mass is 16.5. The van der Waals surface area contributed by atoms with Crippen molar-refractivity contribution in [2.75, 3.05) is 6.61 Å². The molecule has 37 heavy (non-hydrogen) atoms. The Kier molecular flexibility index (Phi) is 12.2. The van der Waals surface area contributed by atoms with Crippen molar-refractivity contribution < 1.29 is 59.0 Å². The van der Waals surface area contributed by atoms with Crippen molar-refractivity contribution in [1.82, 2.24) is 0 Å². The van der Waals surface area contributed by atoms with E-state index < -0.39 is 69.2 Å². The molecule has 0 saturated carbocycles. The average Bonchev–Trinajstić information content (AvgIpc) is 2.79. The highest BCUT2D eigenvalue weighted by Crippen LogP contribution is 2.31. The molecule has 0 aliphatic carbocycles. The molecular formula is C25H32O12. The van der Waals surface area contributed by atoms with Crippen LogP contribution >= 0.6 is 0 Å². The summed E-state index contributed by atoms with van der Waals surface area (Å²) in [4.78, 5) is 71.6. The number of esters is 1. The number of hydrogen-bond acceptors (Lipinski definition) is 7. The number of carboxylic acid groups (broad SMARTS) is 5. The molecule has 0 radical (unpaired) electrons. The predicted octanol–water partition coefficient (Wildman–Crippen LogP) is 4.50. The summed E-state index contributed by atoms with van der Waals surface area (Å²) < 4.78 is 4.96. The number of hydrogen-bond donors (Lipinski definition) is 5. The Morgan fingerprint density at radius 1 is 0.514 bits per heavy atom. The molecule has 0 atom stereocenters. The topological polar surface area (TPSA) is 213 Å². The van der Waals surface area contributed by atoms with Crippen LogP contribution in [0.3, 0.4) is 0 Å². The van der Waals surface area contributed by atoms with Gasteiger partial charge in [0.25, 0.3) is 0 Å². The minimum atomic E-state index is -2.19. The van der Waals surface area contributed by atoms with Gasteiger partial charge in [0.15, 0.2) is 0 Å². The molecule has 0 fully saturated rings. The third kappa shape index (κ3) is 8.58. The molecule has 0 aliphatic rings. The number of aromatic carboxylic acids is 5. The minimum Gasteiger partial charge on any atom is -0.478 e. The van der Waals surface area contributed by atoms with Crippen LogP contribution in [-0.4, -0.2) is 68.0 Å².